The molecule has 0 aliphatic carbocycles. The predicted octanol–water partition coefficient (Wildman–Crippen LogP) is 0.211. The molecule has 0 rings (SSSR count). The van der Waals surface area contributed by atoms with Gasteiger partial charge in [-0.05, 0) is 20.8 Å². The van der Waals surface area contributed by atoms with E-state index in [1.807, 2.05) is 20.8 Å². The fourth-order valence-electron chi connectivity index (χ4n) is 1.32. The van der Waals surface area contributed by atoms with Gasteiger partial charge in [-0.25, -0.2) is 0 Å². The Kier molecular flexibility index (Phi) is 7.60. The number of hydrogen-bond acceptors (Lipinski definition) is 3. The predicted molar refractivity (Wildman–Crippen MR) is 64.3 cm³/mol. The summed E-state index contributed by atoms with van der Waals surface area (Å²) >= 11 is 0. The smallest absolute Gasteiger partial charge is 0.239 e. The molecule has 0 saturated carbocycles. The van der Waals surface area contributed by atoms with Gasteiger partial charge in [-0.3, -0.25) is 9.00 Å². The Morgan fingerprint density at radius 1 is 1.40 bits per heavy atom. The van der Waals surface area contributed by atoms with E-state index in [1.165, 1.54) is 0 Å². The SMILES string of the molecule is CCN(CC)C(=O)C(C)NCCS(C)=O. The van der Waals surface area contributed by atoms with Crippen molar-refractivity contribution in [1.82, 2.24) is 10.2 Å². The number of hydrogen-bond donors (Lipinski definition) is 1. The maximum Gasteiger partial charge on any atom is 0.239 e. The molecule has 1 N–H and O–H groups in total. The molecule has 0 radical (unpaired) electrons. The fraction of sp³-hybridized carbons (Fsp3) is 0.900. The number of likely N-dealkylation sites (N-methyl/N-ethyl adjacent to an activating group) is 1. The molecule has 4 nitrogen and oxygen atoms in total. The van der Waals surface area contributed by atoms with Gasteiger partial charge in [0.05, 0.1) is 6.04 Å². The number of amides is 1. The highest BCUT2D eigenvalue weighted by Gasteiger charge is 2.16. The van der Waals surface area contributed by atoms with E-state index in [0.717, 1.165) is 13.1 Å². The van der Waals surface area contributed by atoms with Gasteiger partial charge in [-0.2, -0.15) is 0 Å². The van der Waals surface area contributed by atoms with Gasteiger partial charge in [0.15, 0.2) is 0 Å². The molecule has 0 aliphatic heterocycles. The minimum Gasteiger partial charge on any atom is -0.342 e. The van der Waals surface area contributed by atoms with E-state index in [2.05, 4.69) is 5.32 Å². The van der Waals surface area contributed by atoms with Crippen LogP contribution in [0.5, 0.6) is 0 Å². The number of carbonyl (C=O) groups is 1. The third kappa shape index (κ3) is 5.89. The van der Waals surface area contributed by atoms with Crippen LogP contribution in [-0.2, 0) is 15.6 Å². The molecule has 0 heterocycles. The van der Waals surface area contributed by atoms with E-state index in [4.69, 9.17) is 0 Å². The summed E-state index contributed by atoms with van der Waals surface area (Å²) in [6.07, 6.45) is 1.67. The van der Waals surface area contributed by atoms with Gasteiger partial charge in [0, 0.05) is 42.4 Å². The topological polar surface area (TPSA) is 49.4 Å². The van der Waals surface area contributed by atoms with Crippen LogP contribution in [0.4, 0.5) is 0 Å². The van der Waals surface area contributed by atoms with E-state index < -0.39 is 10.8 Å². The van der Waals surface area contributed by atoms with Crippen LogP contribution in [0.3, 0.4) is 0 Å². The van der Waals surface area contributed by atoms with Crippen LogP contribution in [0.2, 0.25) is 0 Å². The van der Waals surface area contributed by atoms with Crippen molar-refractivity contribution in [3.63, 3.8) is 0 Å². The lowest BCUT2D eigenvalue weighted by Crippen LogP contribution is -2.45. The normalized spacial score (nSPS) is 14.7. The second-order valence-electron chi connectivity index (χ2n) is 3.46. The first kappa shape index (κ1) is 14.6. The zero-order valence-electron chi connectivity index (χ0n) is 10.1. The average Bonchev–Trinajstić information content (AvgIpc) is 2.18. The zero-order chi connectivity index (χ0) is 11.8. The van der Waals surface area contributed by atoms with Crippen molar-refractivity contribution < 1.29 is 9.00 Å². The van der Waals surface area contributed by atoms with Gasteiger partial charge >= 0.3 is 0 Å². The Morgan fingerprint density at radius 2 is 1.93 bits per heavy atom. The van der Waals surface area contributed by atoms with Crippen molar-refractivity contribution in [1.29, 1.82) is 0 Å². The summed E-state index contributed by atoms with van der Waals surface area (Å²) in [5.41, 5.74) is 0. The first-order valence-corrected chi connectivity index (χ1v) is 7.07. The third-order valence-corrected chi connectivity index (χ3v) is 3.06. The molecule has 0 saturated heterocycles. The molecule has 90 valence electrons. The molecule has 0 bridgehead atoms. The lowest BCUT2D eigenvalue weighted by atomic mass is 10.3. The minimum atomic E-state index is -0.797. The molecular weight excluding hydrogens is 212 g/mol. The third-order valence-electron chi connectivity index (χ3n) is 2.29. The summed E-state index contributed by atoms with van der Waals surface area (Å²) < 4.78 is 10.8. The van der Waals surface area contributed by atoms with Crippen LogP contribution in [0.25, 0.3) is 0 Å². The first-order chi connectivity index (χ1) is 7.02. The monoisotopic (exact) mass is 234 g/mol. The lowest BCUT2D eigenvalue weighted by Gasteiger charge is -2.23. The highest BCUT2D eigenvalue weighted by atomic mass is 32.2. The van der Waals surface area contributed by atoms with Crippen molar-refractivity contribution in [2.24, 2.45) is 0 Å². The Bertz CT molecular complexity index is 217. The number of nitrogens with one attached hydrogen (secondary N) is 1. The van der Waals surface area contributed by atoms with Crippen LogP contribution < -0.4 is 5.32 Å². The van der Waals surface area contributed by atoms with Gasteiger partial charge in [-0.1, -0.05) is 0 Å². The van der Waals surface area contributed by atoms with E-state index >= 15 is 0 Å². The molecule has 0 spiro atoms. The maximum atomic E-state index is 11.8. The van der Waals surface area contributed by atoms with E-state index in [1.54, 1.807) is 11.2 Å². The average molecular weight is 234 g/mol. The minimum absolute atomic E-state index is 0.113. The van der Waals surface area contributed by atoms with Crippen LogP contribution in [-0.4, -0.2) is 52.7 Å². The Labute approximate surface area is 94.9 Å². The molecular formula is C10H22N2O2S. The van der Waals surface area contributed by atoms with Crippen LogP contribution in [0.15, 0.2) is 0 Å². The molecule has 0 fully saturated rings. The van der Waals surface area contributed by atoms with E-state index in [9.17, 15) is 9.00 Å². The zero-order valence-corrected chi connectivity index (χ0v) is 10.9. The summed E-state index contributed by atoms with van der Waals surface area (Å²) in [6.45, 7) is 7.88. The Balaban J connectivity index is 3.92. The molecule has 0 aromatic carbocycles. The summed E-state index contributed by atoms with van der Waals surface area (Å²) in [6, 6.07) is -0.187. The summed E-state index contributed by atoms with van der Waals surface area (Å²) in [7, 11) is -0.797. The van der Waals surface area contributed by atoms with E-state index in [-0.39, 0.29) is 11.9 Å². The van der Waals surface area contributed by atoms with Crippen molar-refractivity contribution in [3.05, 3.63) is 0 Å². The Morgan fingerprint density at radius 3 is 2.33 bits per heavy atom. The molecule has 0 aromatic heterocycles. The highest BCUT2D eigenvalue weighted by Crippen LogP contribution is 1.94. The molecule has 0 aromatic rings. The quantitative estimate of drug-likeness (QED) is 0.685. The van der Waals surface area contributed by atoms with Gasteiger partial charge in [-0.15, -0.1) is 0 Å². The van der Waals surface area contributed by atoms with Crippen LogP contribution >= 0.6 is 0 Å². The van der Waals surface area contributed by atoms with Crippen molar-refractivity contribution in [2.75, 3.05) is 31.6 Å². The van der Waals surface area contributed by atoms with Crippen molar-refractivity contribution >= 4 is 16.7 Å². The van der Waals surface area contributed by atoms with Crippen molar-refractivity contribution in [3.8, 4) is 0 Å². The first-order valence-electron chi connectivity index (χ1n) is 5.35. The summed E-state index contributed by atoms with van der Waals surface area (Å²) in [4.78, 5) is 13.6. The van der Waals surface area contributed by atoms with Gasteiger partial charge in [0.2, 0.25) is 5.91 Å². The number of nitrogens with zero attached hydrogens (tertiary/aromatic N) is 1. The lowest BCUT2D eigenvalue weighted by molar-refractivity contribution is -0.132. The van der Waals surface area contributed by atoms with Gasteiger partial charge in [0.1, 0.15) is 0 Å². The molecule has 15 heavy (non-hydrogen) atoms. The fourth-order valence-corrected chi connectivity index (χ4v) is 1.72. The highest BCUT2D eigenvalue weighted by molar-refractivity contribution is 7.84. The second kappa shape index (κ2) is 7.82. The van der Waals surface area contributed by atoms with Gasteiger partial charge in [0.25, 0.3) is 0 Å². The summed E-state index contributed by atoms with van der Waals surface area (Å²) in [5, 5.41) is 3.08. The van der Waals surface area contributed by atoms with Crippen LogP contribution in [0, 0.1) is 0 Å². The summed E-state index contributed by atoms with van der Waals surface area (Å²) in [5.74, 6) is 0.706. The molecule has 2 unspecified atom stereocenters. The maximum absolute atomic E-state index is 11.8. The molecule has 0 aliphatic rings. The van der Waals surface area contributed by atoms with E-state index in [0.29, 0.717) is 12.3 Å². The second-order valence-corrected chi connectivity index (χ2v) is 5.02. The molecule has 1 amide bonds. The number of rotatable bonds is 7. The molecule has 5 heteroatoms. The van der Waals surface area contributed by atoms with Gasteiger partial charge < -0.3 is 10.2 Å². The molecule has 2 atom stereocenters. The number of carbonyl (C=O) groups excluding carboxylic acids is 1. The standard InChI is InChI=1S/C10H22N2O2S/c1-5-12(6-2)10(13)9(3)11-7-8-15(4)14/h9,11H,5-8H2,1-4H3. The van der Waals surface area contributed by atoms with Crippen LogP contribution in [0.1, 0.15) is 20.8 Å². The van der Waals surface area contributed by atoms with Crippen molar-refractivity contribution in [2.45, 2.75) is 26.8 Å². The largest absolute Gasteiger partial charge is 0.342 e. The Hall–Kier alpha value is -0.420.